The van der Waals surface area contributed by atoms with Crippen LogP contribution in [0.15, 0.2) is 18.2 Å². The van der Waals surface area contributed by atoms with Crippen LogP contribution < -0.4 is 0 Å². The maximum atomic E-state index is 6.08. The first kappa shape index (κ1) is 17.8. The minimum Gasteiger partial charge on any atom is -0.297 e. The normalized spacial score (nSPS) is 19.9. The maximum absolute atomic E-state index is 6.08. The lowest BCUT2D eigenvalue weighted by atomic mass is 9.82. The van der Waals surface area contributed by atoms with E-state index in [0.29, 0.717) is 11.5 Å². The quantitative estimate of drug-likeness (QED) is 0.627. The predicted molar refractivity (Wildman–Crippen MR) is 90.8 cm³/mol. The molecule has 0 bridgehead atoms. The van der Waals surface area contributed by atoms with Crippen molar-refractivity contribution in [3.63, 3.8) is 0 Å². The van der Waals surface area contributed by atoms with E-state index in [-0.39, 0.29) is 0 Å². The molecular weight excluding hydrogens is 289 g/mol. The van der Waals surface area contributed by atoms with Gasteiger partial charge in [0.2, 0.25) is 0 Å². The van der Waals surface area contributed by atoms with Gasteiger partial charge in [0.1, 0.15) is 0 Å². The molecule has 1 nitrogen and oxygen atoms in total. The number of nitrogens with zero attached hydrogens (tertiary/aromatic N) is 1. The molecule has 1 aliphatic rings. The first-order valence-electron chi connectivity index (χ1n) is 7.57. The third-order valence-electron chi connectivity index (χ3n) is 4.07. The third kappa shape index (κ3) is 4.95. The predicted octanol–water partition coefficient (Wildman–Crippen LogP) is 6.20. The highest BCUT2D eigenvalue weighted by atomic mass is 35.5. The molecule has 1 aliphatic heterocycles. The van der Waals surface area contributed by atoms with Crippen LogP contribution in [0.2, 0.25) is 10.0 Å². The molecule has 1 aromatic carbocycles. The van der Waals surface area contributed by atoms with Gasteiger partial charge in [-0.1, -0.05) is 50.9 Å². The average molecular weight is 316 g/mol. The van der Waals surface area contributed by atoms with Gasteiger partial charge in [0.25, 0.3) is 0 Å². The number of hydrogen-bond acceptors (Lipinski definition) is 1. The summed E-state index contributed by atoms with van der Waals surface area (Å²) in [6.45, 7) is 13.2. The third-order valence-corrected chi connectivity index (χ3v) is 4.50. The Morgan fingerprint density at radius 3 is 1.90 bits per heavy atom. The number of likely N-dealkylation sites (tertiary alicyclic amines) is 1. The molecule has 0 saturated carbocycles. The summed E-state index contributed by atoms with van der Waals surface area (Å²) >= 11 is 12.2. The Morgan fingerprint density at radius 2 is 1.45 bits per heavy atom. The van der Waals surface area contributed by atoms with Gasteiger partial charge in [-0.05, 0) is 62.0 Å². The monoisotopic (exact) mass is 315 g/mol. The lowest BCUT2D eigenvalue weighted by Gasteiger charge is -2.40. The molecule has 0 aliphatic carbocycles. The molecule has 1 fully saturated rings. The Bertz CT molecular complexity index is 399. The summed E-state index contributed by atoms with van der Waals surface area (Å²) in [5, 5.41) is 1.45. The van der Waals surface area contributed by atoms with Crippen LogP contribution in [0.3, 0.4) is 0 Å². The van der Waals surface area contributed by atoms with Crippen LogP contribution in [-0.4, -0.2) is 18.0 Å². The Morgan fingerprint density at radius 1 is 1.00 bits per heavy atom. The summed E-state index contributed by atoms with van der Waals surface area (Å²) in [5.74, 6) is 0. The summed E-state index contributed by atoms with van der Waals surface area (Å²) < 4.78 is 0. The van der Waals surface area contributed by atoms with E-state index in [0.717, 1.165) is 23.1 Å². The smallest absolute Gasteiger partial charge is 0.0424 e. The highest BCUT2D eigenvalue weighted by molar-refractivity contribution is 6.34. The zero-order valence-electron chi connectivity index (χ0n) is 13.3. The number of benzene rings is 1. The Labute approximate surface area is 134 Å². The van der Waals surface area contributed by atoms with Gasteiger partial charge in [-0.2, -0.15) is 0 Å². The summed E-state index contributed by atoms with van der Waals surface area (Å²) in [6, 6.07) is 6.23. The van der Waals surface area contributed by atoms with Gasteiger partial charge < -0.3 is 0 Å². The zero-order valence-corrected chi connectivity index (χ0v) is 14.9. The van der Waals surface area contributed by atoms with Crippen molar-refractivity contribution < 1.29 is 0 Å². The minimum absolute atomic E-state index is 0.386. The number of piperidine rings is 1. The van der Waals surface area contributed by atoms with Crippen LogP contribution in [0.4, 0.5) is 0 Å². The summed E-state index contributed by atoms with van der Waals surface area (Å²) in [4.78, 5) is 2.52. The van der Waals surface area contributed by atoms with E-state index in [4.69, 9.17) is 23.2 Å². The van der Waals surface area contributed by atoms with E-state index in [2.05, 4.69) is 25.7 Å². The highest BCUT2D eigenvalue weighted by Crippen LogP contribution is 2.34. The van der Waals surface area contributed by atoms with E-state index in [1.54, 1.807) is 6.07 Å². The second-order valence-electron chi connectivity index (χ2n) is 6.08. The molecule has 114 valence electrons. The second-order valence-corrected chi connectivity index (χ2v) is 6.95. The van der Waals surface area contributed by atoms with Crippen LogP contribution in [0, 0.1) is 5.41 Å². The molecule has 3 heteroatoms. The van der Waals surface area contributed by atoms with Crippen molar-refractivity contribution in [1.82, 2.24) is 4.90 Å². The topological polar surface area (TPSA) is 3.24 Å². The van der Waals surface area contributed by atoms with Gasteiger partial charge in [-0.3, -0.25) is 4.90 Å². The lowest BCUT2D eigenvalue weighted by molar-refractivity contribution is 0.100. The van der Waals surface area contributed by atoms with Gasteiger partial charge >= 0.3 is 0 Å². The molecule has 20 heavy (non-hydrogen) atoms. The fourth-order valence-corrected chi connectivity index (χ4v) is 3.09. The number of halogens is 2. The average Bonchev–Trinajstić information content (AvgIpc) is 2.39. The Hall–Kier alpha value is -0.240. The second kappa shape index (κ2) is 7.68. The van der Waals surface area contributed by atoms with E-state index >= 15 is 0 Å². The van der Waals surface area contributed by atoms with Crippen molar-refractivity contribution in [3.05, 3.63) is 33.8 Å². The van der Waals surface area contributed by atoms with E-state index in [9.17, 15) is 0 Å². The molecule has 0 spiro atoms. The van der Waals surface area contributed by atoms with E-state index < -0.39 is 0 Å². The Balaban J connectivity index is 0.000000956. The highest BCUT2D eigenvalue weighted by Gasteiger charge is 2.28. The van der Waals surface area contributed by atoms with Crippen LogP contribution in [0.1, 0.15) is 59.1 Å². The SMILES string of the molecule is CC.CC(c1cc(Cl)cc(Cl)c1)N1CCC(C)(C)CC1. The van der Waals surface area contributed by atoms with Gasteiger partial charge in [0.05, 0.1) is 0 Å². The van der Waals surface area contributed by atoms with Gasteiger partial charge in [0, 0.05) is 16.1 Å². The van der Waals surface area contributed by atoms with Crippen molar-refractivity contribution in [3.8, 4) is 0 Å². The molecule has 0 N–H and O–H groups in total. The van der Waals surface area contributed by atoms with Crippen molar-refractivity contribution in [1.29, 1.82) is 0 Å². The fourth-order valence-electron chi connectivity index (χ4n) is 2.54. The first-order chi connectivity index (χ1) is 9.37. The van der Waals surface area contributed by atoms with Crippen LogP contribution in [0.5, 0.6) is 0 Å². The first-order valence-corrected chi connectivity index (χ1v) is 8.33. The van der Waals surface area contributed by atoms with Gasteiger partial charge in [-0.15, -0.1) is 0 Å². The molecule has 1 saturated heterocycles. The van der Waals surface area contributed by atoms with Crippen LogP contribution in [-0.2, 0) is 0 Å². The molecule has 0 amide bonds. The largest absolute Gasteiger partial charge is 0.297 e. The van der Waals surface area contributed by atoms with Crippen molar-refractivity contribution in [2.24, 2.45) is 5.41 Å². The summed E-state index contributed by atoms with van der Waals surface area (Å²) in [7, 11) is 0. The van der Waals surface area contributed by atoms with Crippen LogP contribution in [0.25, 0.3) is 0 Å². The minimum atomic E-state index is 0.386. The van der Waals surface area contributed by atoms with E-state index in [1.807, 2.05) is 26.0 Å². The van der Waals surface area contributed by atoms with E-state index in [1.165, 1.54) is 18.4 Å². The molecule has 1 atom stereocenters. The molecule has 1 heterocycles. The summed E-state index contributed by atoms with van der Waals surface area (Å²) in [6.07, 6.45) is 2.51. The Kier molecular flexibility index (Phi) is 6.84. The van der Waals surface area contributed by atoms with Crippen molar-refractivity contribution >= 4 is 23.2 Å². The van der Waals surface area contributed by atoms with Crippen LogP contribution >= 0.6 is 23.2 Å². The molecule has 0 radical (unpaired) electrons. The fraction of sp³-hybridized carbons (Fsp3) is 0.647. The molecule has 0 aromatic heterocycles. The van der Waals surface area contributed by atoms with Gasteiger partial charge in [-0.25, -0.2) is 0 Å². The molecule has 1 unspecified atom stereocenters. The lowest BCUT2D eigenvalue weighted by Crippen LogP contribution is -2.38. The summed E-state index contributed by atoms with van der Waals surface area (Å²) in [5.41, 5.74) is 1.70. The number of hydrogen-bond donors (Lipinski definition) is 0. The maximum Gasteiger partial charge on any atom is 0.0424 e. The molecule has 1 aromatic rings. The molecular formula is C17H27Cl2N. The van der Waals surface area contributed by atoms with Gasteiger partial charge in [0.15, 0.2) is 0 Å². The standard InChI is InChI=1S/C15H21Cl2N.C2H6/c1-11(12-8-13(16)10-14(17)9-12)18-6-4-15(2,3)5-7-18;1-2/h8-11H,4-7H2,1-3H3;1-2H3. The van der Waals surface area contributed by atoms with Crippen molar-refractivity contribution in [2.75, 3.05) is 13.1 Å². The van der Waals surface area contributed by atoms with Crippen molar-refractivity contribution in [2.45, 2.75) is 53.5 Å². The number of rotatable bonds is 2. The zero-order chi connectivity index (χ0) is 15.3. The molecule has 2 rings (SSSR count).